The first-order chi connectivity index (χ1) is 14.2. The van der Waals surface area contributed by atoms with Crippen LogP contribution in [0, 0.1) is 24.1 Å². The van der Waals surface area contributed by atoms with Crippen molar-refractivity contribution in [1.82, 2.24) is 0 Å². The smallest absolute Gasteiger partial charge is 0.289 e. The zero-order valence-electron chi connectivity index (χ0n) is 16.2. The molecule has 0 aromatic heterocycles. The highest BCUT2D eigenvalue weighted by Gasteiger charge is 2.48. The molecule has 1 heterocycles. The van der Waals surface area contributed by atoms with Crippen LogP contribution in [0.5, 0.6) is 0 Å². The Labute approximate surface area is 171 Å². The quantitative estimate of drug-likeness (QED) is 0.582. The molecule has 2 aromatic carbocycles. The van der Waals surface area contributed by atoms with Gasteiger partial charge in [0.05, 0.1) is 29.3 Å². The SMILES string of the molecule is Cc1ccc(N2C(=O)N(c3ccc(C#N)c(C(F)(F)F)c3)[C@H]3CCCC[C@@H]32)cc1F. The fourth-order valence-electron chi connectivity index (χ4n) is 4.44. The Hall–Kier alpha value is -3.08. The van der Waals surface area contributed by atoms with Gasteiger partial charge in [0.25, 0.3) is 0 Å². The van der Waals surface area contributed by atoms with E-state index in [1.54, 1.807) is 25.1 Å². The van der Waals surface area contributed by atoms with Crippen LogP contribution < -0.4 is 9.80 Å². The highest BCUT2D eigenvalue weighted by atomic mass is 19.4. The highest BCUT2D eigenvalue weighted by molar-refractivity contribution is 6.07. The van der Waals surface area contributed by atoms with E-state index in [2.05, 4.69) is 0 Å². The number of carbonyl (C=O) groups is 1. The molecule has 2 aliphatic rings. The number of urea groups is 1. The average molecular weight is 417 g/mol. The number of benzene rings is 2. The minimum Gasteiger partial charge on any atom is -0.289 e. The molecule has 0 radical (unpaired) electrons. The summed E-state index contributed by atoms with van der Waals surface area (Å²) in [5.74, 6) is -0.441. The van der Waals surface area contributed by atoms with Gasteiger partial charge in [-0.05, 0) is 55.7 Å². The predicted molar refractivity (Wildman–Crippen MR) is 104 cm³/mol. The van der Waals surface area contributed by atoms with Crippen molar-refractivity contribution in [2.24, 2.45) is 0 Å². The molecular formula is C22H19F4N3O. The van der Waals surface area contributed by atoms with Gasteiger partial charge in [-0.3, -0.25) is 9.80 Å². The summed E-state index contributed by atoms with van der Waals surface area (Å²) in [5, 5.41) is 9.04. The van der Waals surface area contributed by atoms with E-state index >= 15 is 0 Å². The normalized spacial score (nSPS) is 21.5. The Morgan fingerprint density at radius 3 is 2.10 bits per heavy atom. The number of carbonyl (C=O) groups excluding carboxylic acids is 1. The van der Waals surface area contributed by atoms with Crippen molar-refractivity contribution < 1.29 is 22.4 Å². The van der Waals surface area contributed by atoms with Gasteiger partial charge in [0.15, 0.2) is 0 Å². The molecule has 2 amide bonds. The third kappa shape index (κ3) is 3.28. The Kier molecular flexibility index (Phi) is 4.92. The first kappa shape index (κ1) is 20.2. The molecule has 2 fully saturated rings. The van der Waals surface area contributed by atoms with Crippen LogP contribution in [0.15, 0.2) is 36.4 Å². The summed E-state index contributed by atoms with van der Waals surface area (Å²) in [5.41, 5.74) is -0.618. The van der Waals surface area contributed by atoms with Crippen molar-refractivity contribution in [2.45, 2.75) is 50.9 Å². The van der Waals surface area contributed by atoms with Crippen LogP contribution in [-0.2, 0) is 6.18 Å². The van der Waals surface area contributed by atoms with Crippen molar-refractivity contribution in [1.29, 1.82) is 5.26 Å². The number of rotatable bonds is 2. The standard InChI is InChI=1S/C22H19F4N3O/c1-13-6-8-16(11-18(13)23)29-20-5-3-2-4-19(20)28(21(29)30)15-9-7-14(12-27)17(10-15)22(24,25)26/h6-11,19-20H,2-5H2,1H3/t19-,20-/m0/s1. The fourth-order valence-corrected chi connectivity index (χ4v) is 4.44. The molecule has 2 aromatic rings. The third-order valence-corrected chi connectivity index (χ3v) is 5.91. The fraction of sp³-hybridized carbons (Fsp3) is 0.364. The van der Waals surface area contributed by atoms with Gasteiger partial charge in [-0.2, -0.15) is 18.4 Å². The lowest BCUT2D eigenvalue weighted by atomic mass is 9.89. The molecule has 0 unspecified atom stereocenters. The number of hydrogen-bond acceptors (Lipinski definition) is 2. The summed E-state index contributed by atoms with van der Waals surface area (Å²) in [7, 11) is 0. The van der Waals surface area contributed by atoms with Crippen LogP contribution in [-0.4, -0.2) is 18.1 Å². The topological polar surface area (TPSA) is 47.3 Å². The number of nitriles is 1. The van der Waals surface area contributed by atoms with Crippen molar-refractivity contribution in [3.05, 3.63) is 58.9 Å². The number of anilines is 2. The Balaban J connectivity index is 1.80. The molecule has 0 bridgehead atoms. The molecular weight excluding hydrogens is 398 g/mol. The van der Waals surface area contributed by atoms with Crippen LogP contribution in [0.25, 0.3) is 0 Å². The van der Waals surface area contributed by atoms with Crippen molar-refractivity contribution in [2.75, 3.05) is 9.80 Å². The summed E-state index contributed by atoms with van der Waals surface area (Å²) in [6.45, 7) is 1.62. The second kappa shape index (κ2) is 7.31. The van der Waals surface area contributed by atoms with Gasteiger partial charge in [0.2, 0.25) is 0 Å². The number of hydrogen-bond donors (Lipinski definition) is 0. The van der Waals surface area contributed by atoms with E-state index in [9.17, 15) is 22.4 Å². The molecule has 4 nitrogen and oxygen atoms in total. The van der Waals surface area contributed by atoms with Crippen LogP contribution in [0.4, 0.5) is 33.7 Å². The third-order valence-electron chi connectivity index (χ3n) is 5.91. The monoisotopic (exact) mass is 417 g/mol. The van der Waals surface area contributed by atoms with Crippen LogP contribution in [0.3, 0.4) is 0 Å². The maximum absolute atomic E-state index is 14.2. The van der Waals surface area contributed by atoms with Gasteiger partial charge in [0.1, 0.15) is 5.82 Å². The zero-order valence-corrected chi connectivity index (χ0v) is 16.2. The van der Waals surface area contributed by atoms with Gasteiger partial charge in [0, 0.05) is 11.4 Å². The second-order valence-corrected chi connectivity index (χ2v) is 7.71. The van der Waals surface area contributed by atoms with E-state index in [0.29, 0.717) is 24.1 Å². The molecule has 1 aliphatic heterocycles. The van der Waals surface area contributed by atoms with Gasteiger partial charge in [-0.25, -0.2) is 9.18 Å². The van der Waals surface area contributed by atoms with E-state index in [0.717, 1.165) is 25.0 Å². The van der Waals surface area contributed by atoms with Crippen molar-refractivity contribution in [3.63, 3.8) is 0 Å². The highest BCUT2D eigenvalue weighted by Crippen LogP contribution is 2.42. The first-order valence-corrected chi connectivity index (χ1v) is 9.72. The molecule has 1 saturated heterocycles. The number of aryl methyl sites for hydroxylation is 1. The molecule has 4 rings (SSSR count). The maximum Gasteiger partial charge on any atom is 0.417 e. The maximum atomic E-state index is 14.2. The first-order valence-electron chi connectivity index (χ1n) is 9.72. The lowest BCUT2D eigenvalue weighted by molar-refractivity contribution is -0.137. The molecule has 1 aliphatic carbocycles. The molecule has 156 valence electrons. The number of nitrogens with zero attached hydrogens (tertiary/aromatic N) is 3. The summed E-state index contributed by atoms with van der Waals surface area (Å²) in [6, 6.07) is 8.38. The molecule has 30 heavy (non-hydrogen) atoms. The summed E-state index contributed by atoms with van der Waals surface area (Å²) >= 11 is 0. The van der Waals surface area contributed by atoms with E-state index in [1.165, 1.54) is 21.9 Å². The van der Waals surface area contributed by atoms with Gasteiger partial charge < -0.3 is 0 Å². The Bertz CT molecular complexity index is 1040. The van der Waals surface area contributed by atoms with Gasteiger partial charge in [-0.1, -0.05) is 18.9 Å². The Morgan fingerprint density at radius 2 is 1.57 bits per heavy atom. The second-order valence-electron chi connectivity index (χ2n) is 7.71. The molecule has 0 N–H and O–H groups in total. The van der Waals surface area contributed by atoms with Crippen molar-refractivity contribution >= 4 is 17.4 Å². The zero-order chi connectivity index (χ0) is 21.6. The molecule has 2 atom stereocenters. The lowest BCUT2D eigenvalue weighted by Gasteiger charge is -2.32. The number of amides is 2. The van der Waals surface area contributed by atoms with Gasteiger partial charge >= 0.3 is 12.2 Å². The van der Waals surface area contributed by atoms with E-state index in [1.807, 2.05) is 0 Å². The lowest BCUT2D eigenvalue weighted by Crippen LogP contribution is -2.40. The van der Waals surface area contributed by atoms with E-state index < -0.39 is 29.2 Å². The number of alkyl halides is 3. The van der Waals surface area contributed by atoms with Gasteiger partial charge in [-0.15, -0.1) is 0 Å². The van der Waals surface area contributed by atoms with Crippen molar-refractivity contribution in [3.8, 4) is 6.07 Å². The summed E-state index contributed by atoms with van der Waals surface area (Å²) in [4.78, 5) is 16.2. The molecule has 1 saturated carbocycles. The summed E-state index contributed by atoms with van der Waals surface area (Å²) in [6.07, 6.45) is -1.65. The Morgan fingerprint density at radius 1 is 1.00 bits per heavy atom. The average Bonchev–Trinajstić information content (AvgIpc) is 3.01. The minimum absolute atomic E-state index is 0.0957. The summed E-state index contributed by atoms with van der Waals surface area (Å²) < 4.78 is 54.5. The van der Waals surface area contributed by atoms with Crippen LogP contribution in [0.1, 0.15) is 42.4 Å². The molecule has 8 heteroatoms. The predicted octanol–water partition coefficient (Wildman–Crippen LogP) is 5.78. The van der Waals surface area contributed by atoms with E-state index in [4.69, 9.17) is 5.26 Å². The molecule has 0 spiro atoms. The number of halogens is 4. The largest absolute Gasteiger partial charge is 0.417 e. The minimum atomic E-state index is -4.71. The number of fused-ring (bicyclic) bond motifs is 1. The van der Waals surface area contributed by atoms with Crippen LogP contribution >= 0.6 is 0 Å². The van der Waals surface area contributed by atoms with E-state index in [-0.39, 0.29) is 17.8 Å². The van der Waals surface area contributed by atoms with Crippen LogP contribution in [0.2, 0.25) is 0 Å².